The van der Waals surface area contributed by atoms with Gasteiger partial charge in [0, 0.05) is 6.54 Å². The number of aryl methyl sites for hydroxylation is 1. The van der Waals surface area contributed by atoms with Crippen LogP contribution in [-0.4, -0.2) is 52.1 Å². The molecule has 0 saturated carbocycles. The number of Topliss-reactive ketones (excluding diaryl/α,β-unsaturated/α-hetero) is 1. The minimum atomic E-state index is -0.849. The van der Waals surface area contributed by atoms with Crippen molar-refractivity contribution in [1.29, 1.82) is 0 Å². The molecule has 1 unspecified atom stereocenters. The number of benzene rings is 1. The molecule has 1 amide bonds. The van der Waals surface area contributed by atoms with Gasteiger partial charge in [-0.25, -0.2) is 9.59 Å². The quantitative estimate of drug-likeness (QED) is 0.601. The van der Waals surface area contributed by atoms with Gasteiger partial charge < -0.3 is 14.6 Å². The third-order valence-corrected chi connectivity index (χ3v) is 4.98. The van der Waals surface area contributed by atoms with Crippen LogP contribution in [0.2, 0.25) is 0 Å². The van der Waals surface area contributed by atoms with Gasteiger partial charge >= 0.3 is 12.1 Å². The second-order valence-corrected chi connectivity index (χ2v) is 8.37. The van der Waals surface area contributed by atoms with Crippen LogP contribution < -0.4 is 0 Å². The predicted octanol–water partition coefficient (Wildman–Crippen LogP) is 3.33. The number of nitrogens with zero attached hydrogens (tertiary/aromatic N) is 1. The summed E-state index contributed by atoms with van der Waals surface area (Å²) in [6.07, 6.45) is 0.558. The maximum absolute atomic E-state index is 13.0. The molecule has 1 N–H and O–H groups in total. The van der Waals surface area contributed by atoms with Crippen molar-refractivity contribution in [2.75, 3.05) is 6.54 Å². The van der Waals surface area contributed by atoms with E-state index in [9.17, 15) is 19.5 Å². The molecular formula is C22H27NO6. The van der Waals surface area contributed by atoms with E-state index in [1.54, 1.807) is 20.8 Å². The van der Waals surface area contributed by atoms with Crippen LogP contribution >= 0.6 is 0 Å². The van der Waals surface area contributed by atoms with Crippen molar-refractivity contribution >= 4 is 17.8 Å². The molecule has 1 fully saturated rings. The van der Waals surface area contributed by atoms with Crippen LogP contribution in [0.4, 0.5) is 4.79 Å². The number of cyclic esters (lactones) is 1. The number of carbonyl (C=O) groups excluding carboxylic acids is 3. The van der Waals surface area contributed by atoms with Gasteiger partial charge in [0.1, 0.15) is 11.2 Å². The first kappa shape index (κ1) is 20.9. The van der Waals surface area contributed by atoms with Crippen molar-refractivity contribution in [2.24, 2.45) is 0 Å². The Bertz CT molecular complexity index is 823. The molecule has 2 atom stereocenters. The highest BCUT2D eigenvalue weighted by atomic mass is 16.6. The minimum absolute atomic E-state index is 0.341. The fourth-order valence-electron chi connectivity index (χ4n) is 3.62. The summed E-state index contributed by atoms with van der Waals surface area (Å²) in [6, 6.07) is 8.78. The summed E-state index contributed by atoms with van der Waals surface area (Å²) in [5.74, 6) is -1.76. The first-order valence-corrected chi connectivity index (χ1v) is 9.89. The molecular weight excluding hydrogens is 374 g/mol. The zero-order chi connectivity index (χ0) is 21.2. The van der Waals surface area contributed by atoms with E-state index in [0.29, 0.717) is 32.2 Å². The second kappa shape index (κ2) is 8.27. The molecule has 2 heterocycles. The summed E-state index contributed by atoms with van der Waals surface area (Å²) in [6.45, 7) is 5.61. The lowest BCUT2D eigenvalue weighted by Gasteiger charge is -2.27. The molecule has 3 rings (SSSR count). The first-order valence-electron chi connectivity index (χ1n) is 9.89. The number of ether oxygens (including phenoxy) is 2. The van der Waals surface area contributed by atoms with Crippen molar-refractivity contribution in [3.05, 3.63) is 47.2 Å². The standard InChI is InChI=1S/C22H27NO6/c1-22(2,3)29-21(27)23-13-7-10-15(23)18(24)17-19(25)16(28-20(17)26)12-11-14-8-5-4-6-9-14/h4-6,8-9,15-16,25H,7,10-13H2,1-3H3/t15?,16-/m0/s1. The Balaban J connectivity index is 1.72. The summed E-state index contributed by atoms with van der Waals surface area (Å²) in [5, 5.41) is 10.5. The maximum atomic E-state index is 13.0. The van der Waals surface area contributed by atoms with Crippen molar-refractivity contribution in [3.8, 4) is 0 Å². The molecule has 0 aromatic heterocycles. The monoisotopic (exact) mass is 401 g/mol. The smallest absolute Gasteiger partial charge is 0.410 e. The largest absolute Gasteiger partial charge is 0.507 e. The van der Waals surface area contributed by atoms with E-state index in [1.807, 2.05) is 30.3 Å². The average Bonchev–Trinajstić information content (AvgIpc) is 3.24. The van der Waals surface area contributed by atoms with Gasteiger partial charge in [-0.05, 0) is 52.0 Å². The van der Waals surface area contributed by atoms with E-state index < -0.39 is 35.6 Å². The Morgan fingerprint density at radius 1 is 1.24 bits per heavy atom. The molecule has 0 radical (unpaired) electrons. The number of rotatable bonds is 5. The molecule has 0 spiro atoms. The lowest BCUT2D eigenvalue weighted by atomic mass is 9.99. The van der Waals surface area contributed by atoms with Gasteiger partial charge in [-0.2, -0.15) is 0 Å². The molecule has 1 aromatic carbocycles. The molecule has 1 aromatic rings. The van der Waals surface area contributed by atoms with E-state index >= 15 is 0 Å². The normalized spacial score (nSPS) is 22.0. The molecule has 1 saturated heterocycles. The third kappa shape index (κ3) is 4.78. The highest BCUT2D eigenvalue weighted by molar-refractivity contribution is 6.21. The Labute approximate surface area is 170 Å². The van der Waals surface area contributed by atoms with Gasteiger partial charge in [-0.1, -0.05) is 30.3 Å². The van der Waals surface area contributed by atoms with E-state index in [-0.39, 0.29) is 11.3 Å². The molecule has 156 valence electrons. The lowest BCUT2D eigenvalue weighted by Crippen LogP contribution is -2.44. The number of ketones is 1. The lowest BCUT2D eigenvalue weighted by molar-refractivity contribution is -0.141. The number of hydrogen-bond acceptors (Lipinski definition) is 6. The summed E-state index contributed by atoms with van der Waals surface area (Å²) in [4.78, 5) is 39.1. The van der Waals surface area contributed by atoms with E-state index in [1.165, 1.54) is 4.90 Å². The summed E-state index contributed by atoms with van der Waals surface area (Å²) >= 11 is 0. The highest BCUT2D eigenvalue weighted by Gasteiger charge is 2.45. The number of amides is 1. The minimum Gasteiger partial charge on any atom is -0.507 e. The second-order valence-electron chi connectivity index (χ2n) is 8.37. The van der Waals surface area contributed by atoms with Crippen LogP contribution in [-0.2, 0) is 25.5 Å². The first-order chi connectivity index (χ1) is 13.7. The number of aliphatic hydroxyl groups excluding tert-OH is 1. The fourth-order valence-corrected chi connectivity index (χ4v) is 3.62. The predicted molar refractivity (Wildman–Crippen MR) is 105 cm³/mol. The van der Waals surface area contributed by atoms with Crippen LogP contribution in [0.1, 0.15) is 45.6 Å². The van der Waals surface area contributed by atoms with Crippen LogP contribution in [0.25, 0.3) is 0 Å². The van der Waals surface area contributed by atoms with Crippen LogP contribution in [0.15, 0.2) is 41.7 Å². The SMILES string of the molecule is CC(C)(C)OC(=O)N1CCCC1C(=O)C1=C(O)[C@H](CCc2ccccc2)OC1=O. The molecule has 29 heavy (non-hydrogen) atoms. The molecule has 2 aliphatic heterocycles. The Morgan fingerprint density at radius 3 is 2.59 bits per heavy atom. The maximum Gasteiger partial charge on any atom is 0.410 e. The summed E-state index contributed by atoms with van der Waals surface area (Å²) < 4.78 is 10.6. The highest BCUT2D eigenvalue weighted by Crippen LogP contribution is 2.30. The molecule has 7 heteroatoms. The number of likely N-dealkylation sites (tertiary alicyclic amines) is 1. The summed E-state index contributed by atoms with van der Waals surface area (Å²) in [7, 11) is 0. The van der Waals surface area contributed by atoms with E-state index in [2.05, 4.69) is 0 Å². The molecule has 0 aliphatic carbocycles. The Kier molecular flexibility index (Phi) is 5.96. The number of carbonyl (C=O) groups is 3. The van der Waals surface area contributed by atoms with Crippen molar-refractivity contribution in [1.82, 2.24) is 4.90 Å². The Hall–Kier alpha value is -2.83. The van der Waals surface area contributed by atoms with Crippen LogP contribution in [0.3, 0.4) is 0 Å². The van der Waals surface area contributed by atoms with Gasteiger partial charge in [-0.15, -0.1) is 0 Å². The summed E-state index contributed by atoms with van der Waals surface area (Å²) in [5.41, 5.74) is 0.00953. The van der Waals surface area contributed by atoms with E-state index in [4.69, 9.17) is 9.47 Å². The number of esters is 1. The van der Waals surface area contributed by atoms with Crippen molar-refractivity contribution in [3.63, 3.8) is 0 Å². The zero-order valence-electron chi connectivity index (χ0n) is 17.0. The topological polar surface area (TPSA) is 93.1 Å². The van der Waals surface area contributed by atoms with Crippen LogP contribution in [0, 0.1) is 0 Å². The molecule has 2 aliphatic rings. The van der Waals surface area contributed by atoms with Gasteiger partial charge in [0.05, 0.1) is 6.04 Å². The van der Waals surface area contributed by atoms with E-state index in [0.717, 1.165) is 5.56 Å². The third-order valence-electron chi connectivity index (χ3n) is 4.98. The van der Waals surface area contributed by atoms with Gasteiger partial charge in [-0.3, -0.25) is 9.69 Å². The zero-order valence-corrected chi connectivity index (χ0v) is 17.0. The number of hydrogen-bond donors (Lipinski definition) is 1. The Morgan fingerprint density at radius 2 is 1.93 bits per heavy atom. The number of aliphatic hydroxyl groups is 1. The average molecular weight is 401 g/mol. The van der Waals surface area contributed by atoms with Crippen LogP contribution in [0.5, 0.6) is 0 Å². The molecule has 7 nitrogen and oxygen atoms in total. The fraction of sp³-hybridized carbons (Fsp3) is 0.500. The van der Waals surface area contributed by atoms with Gasteiger partial charge in [0.25, 0.3) is 0 Å². The van der Waals surface area contributed by atoms with Gasteiger partial charge in [0.15, 0.2) is 17.6 Å². The van der Waals surface area contributed by atoms with Crippen molar-refractivity contribution < 1.29 is 29.0 Å². The van der Waals surface area contributed by atoms with Crippen molar-refractivity contribution in [2.45, 2.75) is 64.2 Å². The van der Waals surface area contributed by atoms with Gasteiger partial charge in [0.2, 0.25) is 0 Å². The molecule has 0 bridgehead atoms.